The molecule has 2 N–H and O–H groups in total. The number of carbonyl (C=O) groups excluding carboxylic acids is 1. The van der Waals surface area contributed by atoms with Crippen LogP contribution in [0.25, 0.3) is 0 Å². The molecule has 21 heavy (non-hydrogen) atoms. The summed E-state index contributed by atoms with van der Waals surface area (Å²) in [6.45, 7) is 3.03. The van der Waals surface area contributed by atoms with E-state index in [2.05, 4.69) is 10.6 Å². The van der Waals surface area contributed by atoms with Crippen molar-refractivity contribution in [3.63, 3.8) is 0 Å². The van der Waals surface area contributed by atoms with Gasteiger partial charge in [-0.1, -0.05) is 19.1 Å². The number of benzene rings is 1. The second kappa shape index (κ2) is 8.54. The van der Waals surface area contributed by atoms with E-state index in [0.717, 1.165) is 18.7 Å². The molecule has 1 amide bonds. The molecule has 0 fully saturated rings. The fraction of sp³-hybridized carbons (Fsp3) is 0.533. The molecule has 6 heteroatoms. The number of carbonyl (C=O) groups is 1. The molecule has 0 unspecified atom stereocenters. The molecule has 0 radical (unpaired) electrons. The molecule has 0 aliphatic carbocycles. The van der Waals surface area contributed by atoms with Gasteiger partial charge in [-0.2, -0.15) is 13.2 Å². The number of rotatable bonds is 8. The van der Waals surface area contributed by atoms with Crippen LogP contribution in [0, 0.1) is 0 Å². The minimum absolute atomic E-state index is 0.0273. The van der Waals surface area contributed by atoms with Gasteiger partial charge in [0.25, 0.3) is 5.91 Å². The van der Waals surface area contributed by atoms with E-state index in [9.17, 15) is 18.0 Å². The van der Waals surface area contributed by atoms with Crippen LogP contribution in [0.4, 0.5) is 18.9 Å². The Morgan fingerprint density at radius 2 is 1.86 bits per heavy atom. The van der Waals surface area contributed by atoms with Gasteiger partial charge in [-0.05, 0) is 31.4 Å². The summed E-state index contributed by atoms with van der Waals surface area (Å²) >= 11 is 0. The molecule has 3 nitrogen and oxygen atoms in total. The summed E-state index contributed by atoms with van der Waals surface area (Å²) in [6.07, 6.45) is -3.65. The second-order valence-electron chi connectivity index (χ2n) is 4.80. The maximum Gasteiger partial charge on any atom is 0.389 e. The second-order valence-corrected chi connectivity index (χ2v) is 4.80. The zero-order valence-corrected chi connectivity index (χ0v) is 12.1. The number of amides is 1. The van der Waals surface area contributed by atoms with Gasteiger partial charge in [0.15, 0.2) is 0 Å². The van der Waals surface area contributed by atoms with Crippen molar-refractivity contribution in [2.45, 2.75) is 38.8 Å². The Morgan fingerprint density at radius 1 is 1.14 bits per heavy atom. The van der Waals surface area contributed by atoms with Crippen LogP contribution in [0.2, 0.25) is 0 Å². The normalized spacial score (nSPS) is 11.2. The predicted molar refractivity (Wildman–Crippen MR) is 77.5 cm³/mol. The Bertz CT molecular complexity index is 447. The fourth-order valence-electron chi connectivity index (χ4n) is 1.84. The third kappa shape index (κ3) is 7.02. The summed E-state index contributed by atoms with van der Waals surface area (Å²) in [6, 6.07) is 7.10. The van der Waals surface area contributed by atoms with Gasteiger partial charge >= 0.3 is 6.18 Å². The molecule has 0 saturated heterocycles. The first-order valence-corrected chi connectivity index (χ1v) is 7.12. The van der Waals surface area contributed by atoms with Gasteiger partial charge in [0, 0.05) is 25.2 Å². The number of para-hydroxylation sites is 1. The predicted octanol–water partition coefficient (Wildman–Crippen LogP) is 3.97. The highest BCUT2D eigenvalue weighted by atomic mass is 19.4. The van der Waals surface area contributed by atoms with Gasteiger partial charge in [0.2, 0.25) is 0 Å². The summed E-state index contributed by atoms with van der Waals surface area (Å²) in [5.74, 6) is -0.263. The van der Waals surface area contributed by atoms with Crippen LogP contribution in [0.3, 0.4) is 0 Å². The molecule has 1 rings (SSSR count). The molecule has 0 heterocycles. The summed E-state index contributed by atoms with van der Waals surface area (Å²) in [7, 11) is 0. The first-order valence-electron chi connectivity index (χ1n) is 7.12. The topological polar surface area (TPSA) is 41.1 Å². The molecule has 0 saturated carbocycles. The number of nitrogens with one attached hydrogen (secondary N) is 2. The number of alkyl halides is 3. The van der Waals surface area contributed by atoms with Crippen molar-refractivity contribution < 1.29 is 18.0 Å². The molecule has 1 aromatic rings. The third-order valence-corrected chi connectivity index (χ3v) is 2.91. The number of hydrogen-bond donors (Lipinski definition) is 2. The van der Waals surface area contributed by atoms with Crippen molar-refractivity contribution in [3.8, 4) is 0 Å². The zero-order valence-electron chi connectivity index (χ0n) is 12.1. The molecule has 0 aliphatic heterocycles. The third-order valence-electron chi connectivity index (χ3n) is 2.91. The fourth-order valence-corrected chi connectivity index (χ4v) is 1.84. The van der Waals surface area contributed by atoms with Gasteiger partial charge in [-0.15, -0.1) is 0 Å². The van der Waals surface area contributed by atoms with Crippen LogP contribution in [0.5, 0.6) is 0 Å². The first kappa shape index (κ1) is 17.3. The van der Waals surface area contributed by atoms with Crippen molar-refractivity contribution in [2.75, 3.05) is 18.4 Å². The number of unbranched alkanes of at least 4 members (excludes halogenated alkanes) is 1. The van der Waals surface area contributed by atoms with Gasteiger partial charge < -0.3 is 10.6 Å². The van der Waals surface area contributed by atoms with Gasteiger partial charge in [0.05, 0.1) is 5.56 Å². The number of halogens is 3. The molecule has 0 spiro atoms. The lowest BCUT2D eigenvalue weighted by Gasteiger charge is -2.12. The standard InChI is InChI=1S/C15H21F3N2O/c1-2-10-19-13-8-4-3-7-12(13)14(21)20-11-6-5-9-15(16,17)18/h3-4,7-8,19H,2,5-6,9-11H2,1H3,(H,20,21). The van der Waals surface area contributed by atoms with E-state index in [0.29, 0.717) is 12.0 Å². The van der Waals surface area contributed by atoms with Gasteiger partial charge in [-0.3, -0.25) is 4.79 Å². The molecule has 0 aliphatic rings. The van der Waals surface area contributed by atoms with Crippen LogP contribution in [0.15, 0.2) is 24.3 Å². The van der Waals surface area contributed by atoms with Crippen molar-refractivity contribution in [2.24, 2.45) is 0 Å². The average molecular weight is 302 g/mol. The molecular weight excluding hydrogens is 281 g/mol. The minimum atomic E-state index is -4.12. The zero-order chi connectivity index (χ0) is 15.7. The SMILES string of the molecule is CCCNc1ccccc1C(=O)NCCCCC(F)(F)F. The lowest BCUT2D eigenvalue weighted by molar-refractivity contribution is -0.135. The smallest absolute Gasteiger partial charge is 0.384 e. The minimum Gasteiger partial charge on any atom is -0.384 e. The number of hydrogen-bond acceptors (Lipinski definition) is 2. The molecule has 118 valence electrons. The maximum atomic E-state index is 12.0. The van der Waals surface area contributed by atoms with Crippen molar-refractivity contribution in [3.05, 3.63) is 29.8 Å². The van der Waals surface area contributed by atoms with Crippen molar-refractivity contribution in [1.29, 1.82) is 0 Å². The van der Waals surface area contributed by atoms with Crippen LogP contribution in [-0.2, 0) is 0 Å². The van der Waals surface area contributed by atoms with Gasteiger partial charge in [0.1, 0.15) is 0 Å². The van der Waals surface area contributed by atoms with E-state index in [1.807, 2.05) is 19.1 Å². The van der Waals surface area contributed by atoms with E-state index in [1.54, 1.807) is 12.1 Å². The highest BCUT2D eigenvalue weighted by molar-refractivity contribution is 5.99. The van der Waals surface area contributed by atoms with E-state index < -0.39 is 12.6 Å². The van der Waals surface area contributed by atoms with Crippen LogP contribution >= 0.6 is 0 Å². The maximum absolute atomic E-state index is 12.0. The Kier molecular flexibility index (Phi) is 7.05. The summed E-state index contributed by atoms with van der Waals surface area (Å²) in [4.78, 5) is 12.0. The lowest BCUT2D eigenvalue weighted by atomic mass is 10.1. The van der Waals surface area contributed by atoms with Crippen LogP contribution in [0.1, 0.15) is 43.0 Å². The van der Waals surface area contributed by atoms with Crippen molar-refractivity contribution in [1.82, 2.24) is 5.32 Å². The van der Waals surface area contributed by atoms with Crippen molar-refractivity contribution >= 4 is 11.6 Å². The average Bonchev–Trinajstić information content (AvgIpc) is 2.43. The number of anilines is 1. The molecule has 0 atom stereocenters. The van der Waals surface area contributed by atoms with E-state index in [-0.39, 0.29) is 18.9 Å². The van der Waals surface area contributed by atoms with E-state index in [4.69, 9.17) is 0 Å². The quantitative estimate of drug-likeness (QED) is 0.713. The Morgan fingerprint density at radius 3 is 2.52 bits per heavy atom. The summed E-state index contributed by atoms with van der Waals surface area (Å²) < 4.78 is 35.9. The molecular formula is C15H21F3N2O. The Labute approximate surface area is 122 Å². The first-order chi connectivity index (χ1) is 9.94. The Hall–Kier alpha value is -1.72. The van der Waals surface area contributed by atoms with Gasteiger partial charge in [-0.25, -0.2) is 0 Å². The molecule has 0 bridgehead atoms. The van der Waals surface area contributed by atoms with Crippen LogP contribution < -0.4 is 10.6 Å². The lowest BCUT2D eigenvalue weighted by Crippen LogP contribution is -2.25. The van der Waals surface area contributed by atoms with E-state index >= 15 is 0 Å². The summed E-state index contributed by atoms with van der Waals surface area (Å²) in [5, 5.41) is 5.81. The monoisotopic (exact) mass is 302 g/mol. The van der Waals surface area contributed by atoms with E-state index in [1.165, 1.54) is 0 Å². The largest absolute Gasteiger partial charge is 0.389 e. The highest BCUT2D eigenvalue weighted by Crippen LogP contribution is 2.22. The summed E-state index contributed by atoms with van der Waals surface area (Å²) in [5.41, 5.74) is 1.26. The molecule has 1 aromatic carbocycles. The molecule has 0 aromatic heterocycles. The highest BCUT2D eigenvalue weighted by Gasteiger charge is 2.25. The van der Waals surface area contributed by atoms with Crippen LogP contribution in [-0.4, -0.2) is 25.2 Å². The Balaban J connectivity index is 2.41.